The van der Waals surface area contributed by atoms with E-state index in [1.807, 2.05) is 50.2 Å². The van der Waals surface area contributed by atoms with E-state index in [1.165, 1.54) is 0 Å². The molecule has 0 aliphatic carbocycles. The van der Waals surface area contributed by atoms with E-state index in [4.69, 9.17) is 11.6 Å². The van der Waals surface area contributed by atoms with Gasteiger partial charge in [0.25, 0.3) is 0 Å². The predicted molar refractivity (Wildman–Crippen MR) is 102 cm³/mol. The molecule has 0 unspecified atom stereocenters. The molecule has 0 heterocycles. The van der Waals surface area contributed by atoms with Gasteiger partial charge in [-0.1, -0.05) is 61.8 Å². The van der Waals surface area contributed by atoms with Gasteiger partial charge >= 0.3 is 0 Å². The molecular weight excluding hydrogens is 320 g/mol. The Kier molecular flexibility index (Phi) is 6.41. The lowest BCUT2D eigenvalue weighted by Crippen LogP contribution is -2.30. The molecule has 0 aliphatic heterocycles. The number of anilines is 1. The Balaban J connectivity index is 2.01. The second-order valence-electron chi connectivity index (χ2n) is 6.37. The van der Waals surface area contributed by atoms with Gasteiger partial charge in [-0.05, 0) is 42.5 Å². The van der Waals surface area contributed by atoms with Crippen molar-refractivity contribution in [1.82, 2.24) is 5.32 Å². The van der Waals surface area contributed by atoms with Crippen LogP contribution >= 0.6 is 11.6 Å². The smallest absolute Gasteiger partial charge is 0.238 e. The van der Waals surface area contributed by atoms with Gasteiger partial charge in [-0.15, -0.1) is 0 Å². The molecule has 0 aliphatic rings. The monoisotopic (exact) mass is 344 g/mol. The Bertz CT molecular complexity index is 713. The second kappa shape index (κ2) is 8.32. The van der Waals surface area contributed by atoms with E-state index in [0.717, 1.165) is 22.4 Å². The molecule has 0 aromatic heterocycles. The van der Waals surface area contributed by atoms with E-state index in [2.05, 4.69) is 30.5 Å². The van der Waals surface area contributed by atoms with Gasteiger partial charge < -0.3 is 10.6 Å². The number of amides is 1. The van der Waals surface area contributed by atoms with Crippen molar-refractivity contribution in [2.75, 3.05) is 11.9 Å². The van der Waals surface area contributed by atoms with Crippen molar-refractivity contribution in [1.29, 1.82) is 0 Å². The van der Waals surface area contributed by atoms with Crippen LogP contribution in [-0.4, -0.2) is 12.5 Å². The lowest BCUT2D eigenvalue weighted by Gasteiger charge is -2.18. The fourth-order valence-corrected chi connectivity index (χ4v) is 3.01. The summed E-state index contributed by atoms with van der Waals surface area (Å²) in [6, 6.07) is 13.8. The zero-order valence-corrected chi connectivity index (χ0v) is 15.4. The highest BCUT2D eigenvalue weighted by Gasteiger charge is 2.14. The van der Waals surface area contributed by atoms with Crippen LogP contribution in [0.2, 0.25) is 5.02 Å². The number of hydrogen-bond donors (Lipinski definition) is 2. The molecule has 1 amide bonds. The number of carbonyl (C=O) groups is 1. The average molecular weight is 345 g/mol. The Morgan fingerprint density at radius 1 is 1.04 bits per heavy atom. The minimum Gasteiger partial charge on any atom is -0.324 e. The van der Waals surface area contributed by atoms with Crippen molar-refractivity contribution in [2.45, 2.75) is 39.7 Å². The number of aryl methyl sites for hydroxylation is 1. The van der Waals surface area contributed by atoms with Crippen molar-refractivity contribution in [3.8, 4) is 0 Å². The van der Waals surface area contributed by atoms with Gasteiger partial charge in [0.15, 0.2) is 0 Å². The first-order valence-electron chi connectivity index (χ1n) is 8.27. The summed E-state index contributed by atoms with van der Waals surface area (Å²) in [4.78, 5) is 12.4. The van der Waals surface area contributed by atoms with Crippen LogP contribution < -0.4 is 10.6 Å². The number of hydrogen-bond acceptors (Lipinski definition) is 2. The Morgan fingerprint density at radius 2 is 1.71 bits per heavy atom. The van der Waals surface area contributed by atoms with E-state index in [0.29, 0.717) is 10.9 Å². The number of carbonyl (C=O) groups excluding carboxylic acids is 1. The SMILES string of the molecule is Cc1cccc(C(C)C)c1NC(=O)CN[C@H](C)c1ccccc1Cl. The molecule has 0 bridgehead atoms. The fourth-order valence-electron chi connectivity index (χ4n) is 2.71. The summed E-state index contributed by atoms with van der Waals surface area (Å²) in [5.41, 5.74) is 4.15. The maximum absolute atomic E-state index is 12.4. The third-order valence-corrected chi connectivity index (χ3v) is 4.48. The molecule has 4 heteroatoms. The van der Waals surface area contributed by atoms with Gasteiger partial charge in [0.2, 0.25) is 5.91 Å². The van der Waals surface area contributed by atoms with Crippen LogP contribution in [0.1, 0.15) is 49.4 Å². The summed E-state index contributed by atoms with van der Waals surface area (Å²) in [6.07, 6.45) is 0. The summed E-state index contributed by atoms with van der Waals surface area (Å²) in [7, 11) is 0. The number of para-hydroxylation sites is 1. The second-order valence-corrected chi connectivity index (χ2v) is 6.77. The third kappa shape index (κ3) is 4.59. The van der Waals surface area contributed by atoms with E-state index in [9.17, 15) is 4.79 Å². The highest BCUT2D eigenvalue weighted by molar-refractivity contribution is 6.31. The summed E-state index contributed by atoms with van der Waals surface area (Å²) < 4.78 is 0. The van der Waals surface area contributed by atoms with Crippen LogP contribution in [0.3, 0.4) is 0 Å². The molecule has 128 valence electrons. The van der Waals surface area contributed by atoms with Crippen molar-refractivity contribution in [3.05, 3.63) is 64.2 Å². The van der Waals surface area contributed by atoms with Gasteiger partial charge in [-0.3, -0.25) is 4.79 Å². The topological polar surface area (TPSA) is 41.1 Å². The molecule has 0 saturated heterocycles. The highest BCUT2D eigenvalue weighted by Crippen LogP contribution is 2.27. The molecule has 0 spiro atoms. The molecule has 0 fully saturated rings. The summed E-state index contributed by atoms with van der Waals surface area (Å²) in [5.74, 6) is 0.306. The standard InChI is InChI=1S/C20H25ClN2O/c1-13(2)16-10-7-8-14(3)20(16)23-19(24)12-22-15(4)17-9-5-6-11-18(17)21/h5-11,13,15,22H,12H2,1-4H3,(H,23,24)/t15-/m1/s1. The predicted octanol–water partition coefficient (Wildman–Crippen LogP) is 5.06. The van der Waals surface area contributed by atoms with Crippen molar-refractivity contribution >= 4 is 23.2 Å². The maximum atomic E-state index is 12.4. The largest absolute Gasteiger partial charge is 0.324 e. The van der Waals surface area contributed by atoms with Crippen LogP contribution in [0.4, 0.5) is 5.69 Å². The molecule has 2 N–H and O–H groups in total. The highest BCUT2D eigenvalue weighted by atomic mass is 35.5. The Morgan fingerprint density at radius 3 is 2.38 bits per heavy atom. The first kappa shape index (κ1) is 18.5. The maximum Gasteiger partial charge on any atom is 0.238 e. The summed E-state index contributed by atoms with van der Waals surface area (Å²) >= 11 is 6.20. The van der Waals surface area contributed by atoms with Crippen LogP contribution in [0.5, 0.6) is 0 Å². The van der Waals surface area contributed by atoms with Gasteiger partial charge in [0.1, 0.15) is 0 Å². The van der Waals surface area contributed by atoms with Gasteiger partial charge in [0, 0.05) is 16.8 Å². The fraction of sp³-hybridized carbons (Fsp3) is 0.350. The van der Waals surface area contributed by atoms with Gasteiger partial charge in [-0.2, -0.15) is 0 Å². The zero-order chi connectivity index (χ0) is 17.7. The van der Waals surface area contributed by atoms with Crippen LogP contribution in [0.25, 0.3) is 0 Å². The van der Waals surface area contributed by atoms with E-state index in [-0.39, 0.29) is 18.5 Å². The summed E-state index contributed by atoms with van der Waals surface area (Å²) in [6.45, 7) is 8.51. The summed E-state index contributed by atoms with van der Waals surface area (Å²) in [5, 5.41) is 6.99. The number of halogens is 1. The van der Waals surface area contributed by atoms with Crippen LogP contribution in [-0.2, 0) is 4.79 Å². The van der Waals surface area contributed by atoms with E-state index in [1.54, 1.807) is 0 Å². The Labute approximate surface area is 149 Å². The van der Waals surface area contributed by atoms with Crippen LogP contribution in [0.15, 0.2) is 42.5 Å². The average Bonchev–Trinajstić information content (AvgIpc) is 2.54. The molecule has 3 nitrogen and oxygen atoms in total. The first-order valence-corrected chi connectivity index (χ1v) is 8.65. The van der Waals surface area contributed by atoms with Crippen molar-refractivity contribution in [2.24, 2.45) is 0 Å². The van der Waals surface area contributed by atoms with E-state index >= 15 is 0 Å². The molecular formula is C20H25ClN2O. The molecule has 2 rings (SSSR count). The molecule has 2 aromatic rings. The van der Waals surface area contributed by atoms with Gasteiger partial charge in [0.05, 0.1) is 6.54 Å². The molecule has 0 radical (unpaired) electrons. The lowest BCUT2D eigenvalue weighted by molar-refractivity contribution is -0.115. The number of nitrogens with one attached hydrogen (secondary N) is 2. The van der Waals surface area contributed by atoms with E-state index < -0.39 is 0 Å². The minimum atomic E-state index is -0.0508. The third-order valence-electron chi connectivity index (χ3n) is 4.13. The Hall–Kier alpha value is -1.84. The zero-order valence-electron chi connectivity index (χ0n) is 14.7. The van der Waals surface area contributed by atoms with Crippen LogP contribution in [0, 0.1) is 6.92 Å². The quantitative estimate of drug-likeness (QED) is 0.768. The lowest BCUT2D eigenvalue weighted by atomic mass is 9.98. The molecule has 0 saturated carbocycles. The van der Waals surface area contributed by atoms with Crippen molar-refractivity contribution in [3.63, 3.8) is 0 Å². The number of rotatable bonds is 6. The first-order chi connectivity index (χ1) is 11.4. The number of benzene rings is 2. The molecule has 2 aromatic carbocycles. The molecule has 24 heavy (non-hydrogen) atoms. The molecule has 1 atom stereocenters. The minimum absolute atomic E-state index is 0.00545. The van der Waals surface area contributed by atoms with Gasteiger partial charge in [-0.25, -0.2) is 0 Å². The van der Waals surface area contributed by atoms with Crippen molar-refractivity contribution < 1.29 is 4.79 Å². The normalized spacial score (nSPS) is 12.2.